The van der Waals surface area contributed by atoms with Crippen molar-refractivity contribution in [1.29, 1.82) is 0 Å². The van der Waals surface area contributed by atoms with Gasteiger partial charge in [0, 0.05) is 6.04 Å². The SMILES string of the molecule is CCNC1CCCC1OCC(F)F. The summed E-state index contributed by atoms with van der Waals surface area (Å²) < 4.78 is 28.8. The van der Waals surface area contributed by atoms with Gasteiger partial charge in [-0.05, 0) is 25.8 Å². The van der Waals surface area contributed by atoms with Gasteiger partial charge >= 0.3 is 0 Å². The van der Waals surface area contributed by atoms with Crippen molar-refractivity contribution in [3.05, 3.63) is 0 Å². The molecule has 2 unspecified atom stereocenters. The molecule has 4 heteroatoms. The van der Waals surface area contributed by atoms with Crippen LogP contribution in [0.2, 0.25) is 0 Å². The molecule has 0 aromatic carbocycles. The Morgan fingerprint density at radius 3 is 2.85 bits per heavy atom. The molecule has 0 amide bonds. The van der Waals surface area contributed by atoms with Gasteiger partial charge in [-0.2, -0.15) is 0 Å². The highest BCUT2D eigenvalue weighted by atomic mass is 19.3. The van der Waals surface area contributed by atoms with Crippen LogP contribution in [0.25, 0.3) is 0 Å². The maximum Gasteiger partial charge on any atom is 0.261 e. The van der Waals surface area contributed by atoms with Crippen molar-refractivity contribution >= 4 is 0 Å². The van der Waals surface area contributed by atoms with E-state index in [-0.39, 0.29) is 12.1 Å². The normalized spacial score (nSPS) is 28.6. The molecule has 2 atom stereocenters. The number of nitrogens with one attached hydrogen (secondary N) is 1. The van der Waals surface area contributed by atoms with Crippen LogP contribution < -0.4 is 5.32 Å². The lowest BCUT2D eigenvalue weighted by atomic mass is 10.2. The van der Waals surface area contributed by atoms with Gasteiger partial charge in [0.25, 0.3) is 6.43 Å². The van der Waals surface area contributed by atoms with Crippen LogP contribution in [0.15, 0.2) is 0 Å². The Kier molecular flexibility index (Phi) is 4.59. The fraction of sp³-hybridized carbons (Fsp3) is 1.00. The van der Waals surface area contributed by atoms with Gasteiger partial charge < -0.3 is 10.1 Å². The number of hydrogen-bond acceptors (Lipinski definition) is 2. The zero-order chi connectivity index (χ0) is 9.68. The number of likely N-dealkylation sites (N-methyl/N-ethyl adjacent to an activating group) is 1. The highest BCUT2D eigenvalue weighted by Gasteiger charge is 2.27. The molecule has 78 valence electrons. The topological polar surface area (TPSA) is 21.3 Å². The molecule has 0 heterocycles. The molecule has 13 heavy (non-hydrogen) atoms. The number of hydrogen-bond donors (Lipinski definition) is 1. The monoisotopic (exact) mass is 193 g/mol. The van der Waals surface area contributed by atoms with E-state index in [0.29, 0.717) is 0 Å². The summed E-state index contributed by atoms with van der Waals surface area (Å²) >= 11 is 0. The highest BCUT2D eigenvalue weighted by molar-refractivity contribution is 4.83. The van der Waals surface area contributed by atoms with Crippen molar-refractivity contribution in [1.82, 2.24) is 5.32 Å². The van der Waals surface area contributed by atoms with Gasteiger partial charge in [0.2, 0.25) is 0 Å². The summed E-state index contributed by atoms with van der Waals surface area (Å²) in [4.78, 5) is 0. The van der Waals surface area contributed by atoms with E-state index in [2.05, 4.69) is 5.32 Å². The predicted octanol–water partition coefficient (Wildman–Crippen LogP) is 1.80. The molecule has 0 aromatic heterocycles. The molecule has 0 bridgehead atoms. The molecule has 0 spiro atoms. The third-order valence-corrected chi connectivity index (χ3v) is 2.36. The summed E-state index contributed by atoms with van der Waals surface area (Å²) in [6.07, 6.45) is 0.675. The van der Waals surface area contributed by atoms with Gasteiger partial charge in [-0.15, -0.1) is 0 Å². The Morgan fingerprint density at radius 1 is 1.46 bits per heavy atom. The summed E-state index contributed by atoms with van der Waals surface area (Å²) in [7, 11) is 0. The Morgan fingerprint density at radius 2 is 2.23 bits per heavy atom. The summed E-state index contributed by atoms with van der Waals surface area (Å²) in [6.45, 7) is 2.47. The van der Waals surface area contributed by atoms with Crippen molar-refractivity contribution in [2.24, 2.45) is 0 Å². The van der Waals surface area contributed by atoms with Crippen LogP contribution in [-0.4, -0.2) is 31.7 Å². The fourth-order valence-electron chi connectivity index (χ4n) is 1.82. The molecule has 2 nitrogen and oxygen atoms in total. The van der Waals surface area contributed by atoms with Gasteiger partial charge in [-0.25, -0.2) is 8.78 Å². The van der Waals surface area contributed by atoms with Crippen LogP contribution >= 0.6 is 0 Å². The fourth-order valence-corrected chi connectivity index (χ4v) is 1.82. The van der Waals surface area contributed by atoms with E-state index < -0.39 is 13.0 Å². The minimum Gasteiger partial charge on any atom is -0.371 e. The van der Waals surface area contributed by atoms with E-state index in [0.717, 1.165) is 25.8 Å². The number of rotatable bonds is 5. The standard InChI is InChI=1S/C9H17F2NO/c1-2-12-7-4-3-5-8(7)13-6-9(10)11/h7-9,12H,2-6H2,1H3. The van der Waals surface area contributed by atoms with Gasteiger partial charge in [-0.1, -0.05) is 6.92 Å². The molecule has 1 N–H and O–H groups in total. The molecule has 1 rings (SSSR count). The zero-order valence-electron chi connectivity index (χ0n) is 7.93. The average molecular weight is 193 g/mol. The lowest BCUT2D eigenvalue weighted by molar-refractivity contribution is -0.0300. The van der Waals surface area contributed by atoms with E-state index in [9.17, 15) is 8.78 Å². The van der Waals surface area contributed by atoms with Crippen molar-refractivity contribution in [3.8, 4) is 0 Å². The van der Waals surface area contributed by atoms with E-state index >= 15 is 0 Å². The first-order chi connectivity index (χ1) is 6.24. The van der Waals surface area contributed by atoms with E-state index in [1.54, 1.807) is 0 Å². The van der Waals surface area contributed by atoms with Crippen molar-refractivity contribution < 1.29 is 13.5 Å². The molecule has 1 aliphatic carbocycles. The smallest absolute Gasteiger partial charge is 0.261 e. The van der Waals surface area contributed by atoms with Crippen LogP contribution in [0.4, 0.5) is 8.78 Å². The van der Waals surface area contributed by atoms with Crippen LogP contribution in [0, 0.1) is 0 Å². The molecule has 1 fully saturated rings. The lowest BCUT2D eigenvalue weighted by Crippen LogP contribution is -2.37. The third-order valence-electron chi connectivity index (χ3n) is 2.36. The van der Waals surface area contributed by atoms with Crippen LogP contribution in [0.3, 0.4) is 0 Å². The second kappa shape index (κ2) is 5.50. The van der Waals surface area contributed by atoms with E-state index in [1.807, 2.05) is 6.92 Å². The van der Waals surface area contributed by atoms with Gasteiger partial charge in [0.15, 0.2) is 0 Å². The summed E-state index contributed by atoms with van der Waals surface area (Å²) in [5, 5.41) is 3.25. The number of alkyl halides is 2. The van der Waals surface area contributed by atoms with E-state index in [4.69, 9.17) is 4.74 Å². The first kappa shape index (κ1) is 10.9. The minimum atomic E-state index is -2.34. The molecule has 0 aromatic rings. The first-order valence-electron chi connectivity index (χ1n) is 4.87. The van der Waals surface area contributed by atoms with Crippen LogP contribution in [0.5, 0.6) is 0 Å². The largest absolute Gasteiger partial charge is 0.371 e. The van der Waals surface area contributed by atoms with E-state index in [1.165, 1.54) is 0 Å². The maximum atomic E-state index is 11.9. The first-order valence-corrected chi connectivity index (χ1v) is 4.87. The van der Waals surface area contributed by atoms with Crippen molar-refractivity contribution in [2.75, 3.05) is 13.2 Å². The number of ether oxygens (including phenoxy) is 1. The maximum absolute atomic E-state index is 11.9. The summed E-state index contributed by atoms with van der Waals surface area (Å²) in [6, 6.07) is 0.281. The van der Waals surface area contributed by atoms with Gasteiger partial charge in [0.1, 0.15) is 6.61 Å². The Bertz CT molecular complexity index is 144. The molecule has 0 saturated heterocycles. The Balaban J connectivity index is 2.22. The highest BCUT2D eigenvalue weighted by Crippen LogP contribution is 2.22. The minimum absolute atomic E-state index is 0.00560. The average Bonchev–Trinajstić information content (AvgIpc) is 2.49. The van der Waals surface area contributed by atoms with Crippen molar-refractivity contribution in [2.45, 2.75) is 44.8 Å². The van der Waals surface area contributed by atoms with Gasteiger partial charge in [-0.3, -0.25) is 0 Å². The Labute approximate surface area is 77.6 Å². The summed E-state index contributed by atoms with van der Waals surface area (Å²) in [5.74, 6) is 0. The third kappa shape index (κ3) is 3.56. The molecular weight excluding hydrogens is 176 g/mol. The zero-order valence-corrected chi connectivity index (χ0v) is 7.93. The summed E-state index contributed by atoms with van der Waals surface area (Å²) in [5.41, 5.74) is 0. The molecule has 1 aliphatic rings. The predicted molar refractivity (Wildman–Crippen MR) is 47.1 cm³/mol. The van der Waals surface area contributed by atoms with Crippen molar-refractivity contribution in [3.63, 3.8) is 0 Å². The molecule has 0 radical (unpaired) electrons. The molecular formula is C9H17F2NO. The molecule has 0 aliphatic heterocycles. The van der Waals surface area contributed by atoms with Crippen LogP contribution in [-0.2, 0) is 4.74 Å². The second-order valence-electron chi connectivity index (χ2n) is 3.36. The van der Waals surface area contributed by atoms with Crippen LogP contribution in [0.1, 0.15) is 26.2 Å². The molecule has 1 saturated carbocycles. The quantitative estimate of drug-likeness (QED) is 0.718. The van der Waals surface area contributed by atoms with Gasteiger partial charge in [0.05, 0.1) is 6.10 Å². The Hall–Kier alpha value is -0.220. The lowest BCUT2D eigenvalue weighted by Gasteiger charge is -2.20. The number of halogens is 2. The second-order valence-corrected chi connectivity index (χ2v) is 3.36.